The predicted molar refractivity (Wildman–Crippen MR) is 128 cm³/mol. The molecule has 0 aliphatic heterocycles. The topological polar surface area (TPSA) is 35.5 Å². The Bertz CT molecular complexity index is 919. The Labute approximate surface area is 195 Å². The summed E-state index contributed by atoms with van der Waals surface area (Å²) in [6.45, 7) is 2.86. The van der Waals surface area contributed by atoms with Gasteiger partial charge in [-0.05, 0) is 91.5 Å². The van der Waals surface area contributed by atoms with Crippen LogP contribution in [-0.2, 0) is 22.4 Å². The standard InChI is InChI=1S/C26H30Cl2O3/c1-18(15-19-7-11-22(27)12-8-19)17-31-23-13-14-24-21(16-23)10-9-20(26(24)28)5-3-4-6-25(29)30-2/h7-8,11-14,16,18H,3-6,9-10,15,17H2,1-2H3/t18-/m0/s1. The van der Waals surface area contributed by atoms with E-state index >= 15 is 0 Å². The van der Waals surface area contributed by atoms with E-state index in [1.54, 1.807) is 0 Å². The second-order valence-corrected chi connectivity index (χ2v) is 9.08. The number of benzene rings is 2. The number of esters is 1. The number of halogens is 2. The van der Waals surface area contributed by atoms with Crippen molar-refractivity contribution in [3.05, 3.63) is 69.8 Å². The van der Waals surface area contributed by atoms with E-state index in [9.17, 15) is 4.79 Å². The van der Waals surface area contributed by atoms with Crippen molar-refractivity contribution in [1.29, 1.82) is 0 Å². The second-order valence-electron chi connectivity index (χ2n) is 8.27. The van der Waals surface area contributed by atoms with Crippen LogP contribution in [0, 0.1) is 5.92 Å². The molecule has 0 fully saturated rings. The molecule has 3 nitrogen and oxygen atoms in total. The van der Waals surface area contributed by atoms with Gasteiger partial charge in [0.25, 0.3) is 0 Å². The van der Waals surface area contributed by atoms with Crippen molar-refractivity contribution in [3.63, 3.8) is 0 Å². The molecule has 1 atom stereocenters. The van der Waals surface area contributed by atoms with E-state index in [4.69, 9.17) is 32.7 Å². The molecule has 31 heavy (non-hydrogen) atoms. The molecule has 3 rings (SSSR count). The van der Waals surface area contributed by atoms with E-state index in [2.05, 4.69) is 31.2 Å². The van der Waals surface area contributed by atoms with Crippen molar-refractivity contribution in [2.75, 3.05) is 13.7 Å². The van der Waals surface area contributed by atoms with Crippen molar-refractivity contribution in [2.45, 2.75) is 51.9 Å². The van der Waals surface area contributed by atoms with Gasteiger partial charge in [-0.1, -0.05) is 47.8 Å². The number of carbonyl (C=O) groups is 1. The Morgan fingerprint density at radius 3 is 2.58 bits per heavy atom. The largest absolute Gasteiger partial charge is 0.493 e. The zero-order valence-corrected chi connectivity index (χ0v) is 19.8. The summed E-state index contributed by atoms with van der Waals surface area (Å²) in [5.74, 6) is 1.15. The summed E-state index contributed by atoms with van der Waals surface area (Å²) >= 11 is 12.7. The minimum Gasteiger partial charge on any atom is -0.493 e. The SMILES string of the molecule is COC(=O)CCCCC1=C(Cl)c2ccc(OC[C@@H](C)Cc3ccc(Cl)cc3)cc2CC1. The third kappa shape index (κ3) is 7.02. The van der Waals surface area contributed by atoms with Crippen molar-refractivity contribution in [3.8, 4) is 5.75 Å². The molecule has 0 spiro atoms. The molecule has 1 aliphatic rings. The summed E-state index contributed by atoms with van der Waals surface area (Å²) in [6, 6.07) is 14.2. The molecule has 2 aromatic rings. The van der Waals surface area contributed by atoms with Gasteiger partial charge < -0.3 is 9.47 Å². The molecule has 2 aromatic carbocycles. The van der Waals surface area contributed by atoms with Gasteiger partial charge in [-0.3, -0.25) is 4.79 Å². The number of ether oxygens (including phenoxy) is 2. The number of allylic oxidation sites excluding steroid dienone is 1. The summed E-state index contributed by atoms with van der Waals surface area (Å²) in [5.41, 5.74) is 4.90. The van der Waals surface area contributed by atoms with Crippen LogP contribution in [-0.4, -0.2) is 19.7 Å². The number of rotatable bonds is 10. The Kier molecular flexibility index (Phi) is 8.86. The van der Waals surface area contributed by atoms with Crippen LogP contribution >= 0.6 is 23.2 Å². The lowest BCUT2D eigenvalue weighted by atomic mass is 9.89. The Hall–Kier alpha value is -1.97. The highest BCUT2D eigenvalue weighted by Crippen LogP contribution is 2.38. The van der Waals surface area contributed by atoms with Crippen LogP contribution in [0.1, 0.15) is 55.7 Å². The third-order valence-electron chi connectivity index (χ3n) is 5.69. The lowest BCUT2D eigenvalue weighted by Gasteiger charge is -2.21. The van der Waals surface area contributed by atoms with Crippen LogP contribution in [0.2, 0.25) is 5.02 Å². The van der Waals surface area contributed by atoms with Gasteiger partial charge in [0.15, 0.2) is 0 Å². The molecule has 166 valence electrons. The molecule has 0 radical (unpaired) electrons. The van der Waals surface area contributed by atoms with Crippen LogP contribution in [0.15, 0.2) is 48.0 Å². The number of unbranched alkanes of at least 4 members (excludes halogenated alkanes) is 1. The molecular formula is C26H30Cl2O3. The van der Waals surface area contributed by atoms with Crippen molar-refractivity contribution in [2.24, 2.45) is 5.92 Å². The lowest BCUT2D eigenvalue weighted by molar-refractivity contribution is -0.140. The molecule has 0 amide bonds. The zero-order valence-electron chi connectivity index (χ0n) is 18.3. The molecular weight excluding hydrogens is 431 g/mol. The van der Waals surface area contributed by atoms with Gasteiger partial charge >= 0.3 is 5.97 Å². The average molecular weight is 461 g/mol. The van der Waals surface area contributed by atoms with E-state index < -0.39 is 0 Å². The lowest BCUT2D eigenvalue weighted by Crippen LogP contribution is -2.12. The predicted octanol–water partition coefficient (Wildman–Crippen LogP) is 7.23. The monoisotopic (exact) mass is 460 g/mol. The summed E-state index contributed by atoms with van der Waals surface area (Å²) < 4.78 is 10.8. The first-order chi connectivity index (χ1) is 15.0. The summed E-state index contributed by atoms with van der Waals surface area (Å²) in [5, 5.41) is 1.63. The molecule has 0 heterocycles. The first-order valence-electron chi connectivity index (χ1n) is 10.9. The van der Waals surface area contributed by atoms with Crippen LogP contribution in [0.4, 0.5) is 0 Å². The highest BCUT2D eigenvalue weighted by Gasteiger charge is 2.18. The molecule has 0 unspecified atom stereocenters. The van der Waals surface area contributed by atoms with E-state index in [0.717, 1.165) is 59.9 Å². The van der Waals surface area contributed by atoms with Gasteiger partial charge in [0.2, 0.25) is 0 Å². The zero-order chi connectivity index (χ0) is 22.2. The normalized spacial score (nSPS) is 14.2. The number of carbonyl (C=O) groups excluding carboxylic acids is 1. The van der Waals surface area contributed by atoms with Gasteiger partial charge in [0.1, 0.15) is 5.75 Å². The Morgan fingerprint density at radius 2 is 1.84 bits per heavy atom. The van der Waals surface area contributed by atoms with E-state index in [1.165, 1.54) is 23.8 Å². The molecule has 5 heteroatoms. The highest BCUT2D eigenvalue weighted by molar-refractivity contribution is 6.49. The van der Waals surface area contributed by atoms with Crippen molar-refractivity contribution in [1.82, 2.24) is 0 Å². The van der Waals surface area contributed by atoms with Crippen LogP contribution in [0.5, 0.6) is 5.75 Å². The summed E-state index contributed by atoms with van der Waals surface area (Å²) in [4.78, 5) is 11.2. The summed E-state index contributed by atoms with van der Waals surface area (Å²) in [7, 11) is 1.43. The maximum absolute atomic E-state index is 11.2. The molecule has 0 saturated heterocycles. The first kappa shape index (κ1) is 23.7. The molecule has 0 saturated carbocycles. The van der Waals surface area contributed by atoms with Gasteiger partial charge in [0.05, 0.1) is 13.7 Å². The van der Waals surface area contributed by atoms with Gasteiger partial charge in [-0.25, -0.2) is 0 Å². The summed E-state index contributed by atoms with van der Waals surface area (Å²) in [6.07, 6.45) is 6.05. The number of fused-ring (bicyclic) bond motifs is 1. The van der Waals surface area contributed by atoms with Gasteiger partial charge in [-0.2, -0.15) is 0 Å². The highest BCUT2D eigenvalue weighted by atomic mass is 35.5. The fraction of sp³-hybridized carbons (Fsp3) is 0.423. The van der Waals surface area contributed by atoms with Gasteiger partial charge in [-0.15, -0.1) is 0 Å². The maximum atomic E-state index is 11.2. The van der Waals surface area contributed by atoms with E-state index in [0.29, 0.717) is 18.9 Å². The van der Waals surface area contributed by atoms with Gasteiger partial charge in [0, 0.05) is 16.5 Å². The van der Waals surface area contributed by atoms with Crippen LogP contribution < -0.4 is 4.74 Å². The number of hydrogen-bond acceptors (Lipinski definition) is 3. The second kappa shape index (κ2) is 11.6. The van der Waals surface area contributed by atoms with Crippen LogP contribution in [0.25, 0.3) is 5.03 Å². The van der Waals surface area contributed by atoms with Crippen LogP contribution in [0.3, 0.4) is 0 Å². The van der Waals surface area contributed by atoms with Crippen molar-refractivity contribution >= 4 is 34.2 Å². The smallest absolute Gasteiger partial charge is 0.305 e. The average Bonchev–Trinajstić information content (AvgIpc) is 2.78. The minimum absolute atomic E-state index is 0.149. The fourth-order valence-corrected chi connectivity index (χ4v) is 4.43. The Balaban J connectivity index is 1.53. The molecule has 0 aromatic heterocycles. The Morgan fingerprint density at radius 1 is 1.06 bits per heavy atom. The molecule has 0 bridgehead atoms. The maximum Gasteiger partial charge on any atom is 0.305 e. The van der Waals surface area contributed by atoms with E-state index in [-0.39, 0.29) is 5.97 Å². The molecule has 0 N–H and O–H groups in total. The third-order valence-corrected chi connectivity index (χ3v) is 6.41. The first-order valence-corrected chi connectivity index (χ1v) is 11.7. The quantitative estimate of drug-likeness (QED) is 0.277. The minimum atomic E-state index is -0.149. The van der Waals surface area contributed by atoms with E-state index in [1.807, 2.05) is 18.2 Å². The van der Waals surface area contributed by atoms with Crippen molar-refractivity contribution < 1.29 is 14.3 Å². The number of hydrogen-bond donors (Lipinski definition) is 0. The number of aryl methyl sites for hydroxylation is 1. The molecule has 1 aliphatic carbocycles. The number of methoxy groups -OCH3 is 1. The fourth-order valence-electron chi connectivity index (χ4n) is 3.93.